The molecule has 0 bridgehead atoms. The molecule has 0 aliphatic heterocycles. The topological polar surface area (TPSA) is 195 Å². The Hall–Kier alpha value is -0.360. The Labute approximate surface area is 128 Å². The lowest BCUT2D eigenvalue weighted by molar-refractivity contribution is 0.225. The second-order valence-electron chi connectivity index (χ2n) is 3.74. The minimum atomic E-state index is -4.50. The van der Waals surface area contributed by atoms with Crippen molar-refractivity contribution >= 4 is 40.5 Å². The summed E-state index contributed by atoms with van der Waals surface area (Å²) >= 11 is 0. The average molecular weight is 406 g/mol. The first-order chi connectivity index (χ1) is 9.62. The third-order valence-corrected chi connectivity index (χ3v) is 6.21. The first-order valence-corrected chi connectivity index (χ1v) is 11.6. The Kier molecular flexibility index (Phi) is 7.82. The van der Waals surface area contributed by atoms with E-state index in [1.807, 2.05) is 0 Å². The number of hydrogen-bond donors (Lipinski definition) is 2. The molecule has 0 aromatic rings. The predicted molar refractivity (Wildman–Crippen MR) is 72.3 cm³/mol. The third kappa shape index (κ3) is 13.3. The number of rotatable bonds is 11. The van der Waals surface area contributed by atoms with Gasteiger partial charge in [-0.15, -0.1) is 0 Å². The molecule has 22 heavy (non-hydrogen) atoms. The highest BCUT2D eigenvalue weighted by atomic mass is 32.2. The molecule has 0 fully saturated rings. The molecular formula is C6H14O12S4. The first kappa shape index (κ1) is 21.6. The van der Waals surface area contributed by atoms with Crippen molar-refractivity contribution in [1.82, 2.24) is 0 Å². The monoisotopic (exact) mass is 406 g/mol. The van der Waals surface area contributed by atoms with Gasteiger partial charge in [0.05, 0.1) is 36.2 Å². The molecule has 16 heteroatoms. The summed E-state index contributed by atoms with van der Waals surface area (Å²) < 4.78 is 111. The zero-order chi connectivity index (χ0) is 17.7. The lowest BCUT2D eigenvalue weighted by atomic mass is 10.8. The normalized spacial score (nSPS) is 14.1. The van der Waals surface area contributed by atoms with E-state index in [9.17, 15) is 33.7 Å². The van der Waals surface area contributed by atoms with Crippen LogP contribution in [-0.4, -0.2) is 79.0 Å². The molecule has 0 heterocycles. The van der Waals surface area contributed by atoms with Gasteiger partial charge in [0.2, 0.25) is 0 Å². The smallest absolute Gasteiger partial charge is 0.268 e. The summed E-state index contributed by atoms with van der Waals surface area (Å²) in [6.45, 7) is -1.56. The Morgan fingerprint density at radius 1 is 0.545 bits per heavy atom. The van der Waals surface area contributed by atoms with Gasteiger partial charge in [0.15, 0.2) is 0 Å². The maximum absolute atomic E-state index is 11.1. The van der Waals surface area contributed by atoms with Crippen molar-refractivity contribution in [2.75, 3.05) is 36.2 Å². The van der Waals surface area contributed by atoms with Gasteiger partial charge >= 0.3 is 0 Å². The molecule has 0 aliphatic rings. The predicted octanol–water partition coefficient (Wildman–Crippen LogP) is -2.55. The van der Waals surface area contributed by atoms with Crippen LogP contribution in [0.3, 0.4) is 0 Å². The molecule has 0 unspecified atom stereocenters. The molecule has 0 saturated heterocycles. The highest BCUT2D eigenvalue weighted by molar-refractivity contribution is 7.90. The van der Waals surface area contributed by atoms with E-state index in [4.69, 9.17) is 9.11 Å². The zero-order valence-corrected chi connectivity index (χ0v) is 14.1. The zero-order valence-electron chi connectivity index (χ0n) is 10.9. The Bertz CT molecular complexity index is 687. The van der Waals surface area contributed by atoms with E-state index in [0.29, 0.717) is 0 Å². The third-order valence-electron chi connectivity index (χ3n) is 1.79. The van der Waals surface area contributed by atoms with Gasteiger partial charge in [0.25, 0.3) is 40.5 Å². The molecule has 0 rings (SSSR count). The van der Waals surface area contributed by atoms with Crippen LogP contribution in [0.25, 0.3) is 0 Å². The molecular weight excluding hydrogens is 392 g/mol. The molecule has 2 N–H and O–H groups in total. The molecule has 134 valence electrons. The fourth-order valence-corrected chi connectivity index (χ4v) is 5.05. The standard InChI is InChI=1S/C6H14O12S4/c7-19(8,9)3-5-21(13,14)17-1-2-18-22(15,16)6-4-20(10,11)12/h1-6H2,(H,7,8,9)(H,10,11,12). The van der Waals surface area contributed by atoms with Gasteiger partial charge in [0.1, 0.15) is 0 Å². The Morgan fingerprint density at radius 2 is 0.818 bits per heavy atom. The first-order valence-electron chi connectivity index (χ1n) is 5.26. The SMILES string of the molecule is O=S(=O)(O)CCS(=O)(=O)OCCOS(=O)(=O)CCS(=O)(=O)O. The summed E-state index contributed by atoms with van der Waals surface area (Å²) in [5.74, 6) is -4.27. The van der Waals surface area contributed by atoms with Crippen LogP contribution < -0.4 is 0 Å². The van der Waals surface area contributed by atoms with Crippen LogP contribution in [0.15, 0.2) is 0 Å². The maximum Gasteiger partial charge on any atom is 0.268 e. The van der Waals surface area contributed by atoms with Gasteiger partial charge in [-0.25, -0.2) is 0 Å². The summed E-state index contributed by atoms with van der Waals surface area (Å²) in [5.41, 5.74) is 0. The van der Waals surface area contributed by atoms with E-state index in [1.54, 1.807) is 0 Å². The van der Waals surface area contributed by atoms with E-state index < -0.39 is 76.7 Å². The summed E-state index contributed by atoms with van der Waals surface area (Å²) in [6, 6.07) is 0. The molecule has 0 spiro atoms. The van der Waals surface area contributed by atoms with Crippen molar-refractivity contribution in [3.63, 3.8) is 0 Å². The quantitative estimate of drug-likeness (QED) is 0.207. The van der Waals surface area contributed by atoms with E-state index in [2.05, 4.69) is 8.37 Å². The van der Waals surface area contributed by atoms with E-state index in [1.165, 1.54) is 0 Å². The Balaban J connectivity index is 4.21. The molecule has 0 aromatic carbocycles. The largest absolute Gasteiger partial charge is 0.286 e. The summed E-state index contributed by atoms with van der Waals surface area (Å²) in [7, 11) is -17.6. The van der Waals surface area contributed by atoms with Gasteiger partial charge in [-0.05, 0) is 0 Å². The van der Waals surface area contributed by atoms with Crippen molar-refractivity contribution < 1.29 is 51.1 Å². The second-order valence-corrected chi connectivity index (χ2v) is 10.4. The molecule has 12 nitrogen and oxygen atoms in total. The lowest BCUT2D eigenvalue weighted by Gasteiger charge is -2.06. The number of hydrogen-bond acceptors (Lipinski definition) is 10. The molecule has 0 atom stereocenters. The highest BCUT2D eigenvalue weighted by Crippen LogP contribution is 1.99. The van der Waals surface area contributed by atoms with Crippen molar-refractivity contribution in [2.24, 2.45) is 0 Å². The average Bonchev–Trinajstić information content (AvgIpc) is 2.29. The highest BCUT2D eigenvalue weighted by Gasteiger charge is 2.19. The van der Waals surface area contributed by atoms with Crippen LogP contribution in [0.1, 0.15) is 0 Å². The van der Waals surface area contributed by atoms with Crippen molar-refractivity contribution in [3.8, 4) is 0 Å². The fraction of sp³-hybridized carbons (Fsp3) is 1.00. The molecule has 0 radical (unpaired) electrons. The van der Waals surface area contributed by atoms with Gasteiger partial charge in [-0.1, -0.05) is 0 Å². The molecule has 0 aromatic heterocycles. The van der Waals surface area contributed by atoms with Gasteiger partial charge < -0.3 is 0 Å². The van der Waals surface area contributed by atoms with Crippen LogP contribution in [-0.2, 0) is 48.8 Å². The molecule has 0 aliphatic carbocycles. The van der Waals surface area contributed by atoms with E-state index in [0.717, 1.165) is 0 Å². The minimum Gasteiger partial charge on any atom is -0.286 e. The fourth-order valence-electron chi connectivity index (χ4n) is 0.855. The van der Waals surface area contributed by atoms with Gasteiger partial charge in [-0.3, -0.25) is 17.5 Å². The van der Waals surface area contributed by atoms with Crippen LogP contribution in [0, 0.1) is 0 Å². The maximum atomic E-state index is 11.1. The lowest BCUT2D eigenvalue weighted by Crippen LogP contribution is -2.23. The molecule has 0 amide bonds. The summed E-state index contributed by atoms with van der Waals surface area (Å²) in [5, 5.41) is 0. The minimum absolute atomic E-state index is 0.779. The van der Waals surface area contributed by atoms with Crippen LogP contribution >= 0.6 is 0 Å². The van der Waals surface area contributed by atoms with Crippen molar-refractivity contribution in [3.05, 3.63) is 0 Å². The van der Waals surface area contributed by atoms with Gasteiger partial charge in [0, 0.05) is 0 Å². The van der Waals surface area contributed by atoms with Crippen molar-refractivity contribution in [2.45, 2.75) is 0 Å². The van der Waals surface area contributed by atoms with Crippen LogP contribution in [0.4, 0.5) is 0 Å². The Morgan fingerprint density at radius 3 is 1.05 bits per heavy atom. The van der Waals surface area contributed by atoms with E-state index >= 15 is 0 Å². The summed E-state index contributed by atoms with van der Waals surface area (Å²) in [4.78, 5) is 0. The van der Waals surface area contributed by atoms with Crippen LogP contribution in [0.5, 0.6) is 0 Å². The second kappa shape index (κ2) is 7.95. The molecule has 0 saturated carbocycles. The van der Waals surface area contributed by atoms with E-state index in [-0.39, 0.29) is 0 Å². The van der Waals surface area contributed by atoms with Crippen molar-refractivity contribution in [1.29, 1.82) is 0 Å². The summed E-state index contributed by atoms with van der Waals surface area (Å²) in [6.07, 6.45) is 0. The van der Waals surface area contributed by atoms with Gasteiger partial charge in [-0.2, -0.15) is 33.7 Å². The van der Waals surface area contributed by atoms with Crippen LogP contribution in [0.2, 0.25) is 0 Å².